The predicted molar refractivity (Wildman–Crippen MR) is 64.4 cm³/mol. The molecule has 1 aromatic rings. The molecule has 2 nitrogen and oxygen atoms in total. The first-order valence-corrected chi connectivity index (χ1v) is 5.84. The van der Waals surface area contributed by atoms with Gasteiger partial charge in [0.1, 0.15) is 5.83 Å². The number of fused-ring (bicyclic) bond motifs is 1. The van der Waals surface area contributed by atoms with Gasteiger partial charge in [0.25, 0.3) is 0 Å². The lowest BCUT2D eigenvalue weighted by molar-refractivity contribution is 0.351. The maximum atomic E-state index is 13.5. The number of rotatable bonds is 0. The Morgan fingerprint density at radius 2 is 2.12 bits per heavy atom. The van der Waals surface area contributed by atoms with Gasteiger partial charge in [-0.1, -0.05) is 0 Å². The lowest BCUT2D eigenvalue weighted by Gasteiger charge is -2.23. The van der Waals surface area contributed by atoms with Gasteiger partial charge < -0.3 is 0 Å². The second-order valence-electron chi connectivity index (χ2n) is 5.23. The van der Waals surface area contributed by atoms with E-state index in [0.29, 0.717) is 6.42 Å². The first kappa shape index (κ1) is 11.6. The van der Waals surface area contributed by atoms with Gasteiger partial charge in [-0.2, -0.15) is 5.10 Å². The van der Waals surface area contributed by atoms with Crippen molar-refractivity contribution in [2.45, 2.75) is 45.0 Å². The molecule has 1 atom stereocenters. The van der Waals surface area contributed by atoms with Crippen molar-refractivity contribution in [1.29, 1.82) is 0 Å². The number of aryl methyl sites for hydroxylation is 1. The lowest BCUT2D eigenvalue weighted by Crippen LogP contribution is -2.25. The van der Waals surface area contributed by atoms with E-state index in [-0.39, 0.29) is 11.4 Å². The molecule has 0 aliphatic heterocycles. The first-order valence-electron chi connectivity index (χ1n) is 5.41. The zero-order valence-electron chi connectivity index (χ0n) is 10.0. The molecule has 4 heteroatoms. The minimum atomic E-state index is -0.538. The summed E-state index contributed by atoms with van der Waals surface area (Å²) in [5.41, 5.74) is 2.73. The van der Waals surface area contributed by atoms with Crippen molar-refractivity contribution in [1.82, 2.24) is 9.78 Å². The summed E-state index contributed by atoms with van der Waals surface area (Å²) in [4.78, 5) is 0. The largest absolute Gasteiger partial charge is 0.260 e. The molecule has 88 valence electrons. The van der Waals surface area contributed by atoms with Crippen molar-refractivity contribution < 1.29 is 4.39 Å². The topological polar surface area (TPSA) is 17.8 Å². The molecule has 0 radical (unpaired) electrons. The third-order valence-electron chi connectivity index (χ3n) is 2.82. The van der Waals surface area contributed by atoms with Crippen molar-refractivity contribution >= 4 is 17.7 Å². The molecule has 0 amide bonds. The van der Waals surface area contributed by atoms with Crippen LogP contribution in [0.3, 0.4) is 0 Å². The molecule has 0 N–H and O–H groups in total. The Kier molecular flexibility index (Phi) is 2.61. The van der Waals surface area contributed by atoms with Crippen LogP contribution < -0.4 is 0 Å². The summed E-state index contributed by atoms with van der Waals surface area (Å²) in [6.07, 6.45) is 2.04. The minimum Gasteiger partial charge on any atom is -0.260 e. The van der Waals surface area contributed by atoms with E-state index >= 15 is 0 Å². The third kappa shape index (κ3) is 1.77. The molecule has 1 aromatic heterocycles. The Hall–Kier alpha value is -0.830. The molecule has 2 rings (SSSR count). The van der Waals surface area contributed by atoms with Crippen LogP contribution in [0, 0.1) is 6.92 Å². The number of nitrogens with zero attached hydrogens (tertiary/aromatic N) is 2. The van der Waals surface area contributed by atoms with Gasteiger partial charge in [0.15, 0.2) is 0 Å². The number of aromatic nitrogens is 2. The van der Waals surface area contributed by atoms with Crippen molar-refractivity contribution in [3.8, 4) is 0 Å². The molecule has 0 aromatic carbocycles. The molecule has 0 bridgehead atoms. The van der Waals surface area contributed by atoms with Crippen LogP contribution in [-0.4, -0.2) is 15.2 Å². The Labute approximate surface area is 100 Å². The molecule has 1 heterocycles. The number of allylic oxidation sites excluding steroid dienone is 1. The van der Waals surface area contributed by atoms with E-state index in [1.54, 1.807) is 0 Å². The fraction of sp³-hybridized carbons (Fsp3) is 0.583. The van der Waals surface area contributed by atoms with E-state index in [1.165, 1.54) is 6.08 Å². The zero-order valence-corrected chi connectivity index (χ0v) is 10.8. The van der Waals surface area contributed by atoms with Crippen LogP contribution in [0.25, 0.3) is 6.08 Å². The number of hydrogen-bond acceptors (Lipinski definition) is 1. The van der Waals surface area contributed by atoms with Gasteiger partial charge in [-0.05, 0) is 40.2 Å². The van der Waals surface area contributed by atoms with Crippen LogP contribution in [0.15, 0.2) is 5.83 Å². The Morgan fingerprint density at radius 1 is 1.50 bits per heavy atom. The zero-order chi connectivity index (χ0) is 12.1. The number of alkyl halides is 1. The average molecular weight is 243 g/mol. The molecule has 0 saturated heterocycles. The fourth-order valence-electron chi connectivity index (χ4n) is 1.99. The summed E-state index contributed by atoms with van der Waals surface area (Å²) in [5, 5.41) is 3.94. The number of halogens is 2. The van der Waals surface area contributed by atoms with Crippen LogP contribution >= 0.6 is 11.6 Å². The van der Waals surface area contributed by atoms with Gasteiger partial charge in [0.05, 0.1) is 22.3 Å². The van der Waals surface area contributed by atoms with Crippen molar-refractivity contribution in [3.63, 3.8) is 0 Å². The van der Waals surface area contributed by atoms with Gasteiger partial charge in [-0.3, -0.25) is 4.68 Å². The SMILES string of the molecule is Cc1nn(C(C)(C)C)c2c1CC(Cl)C(F)=C2. The van der Waals surface area contributed by atoms with Gasteiger partial charge in [-0.25, -0.2) is 4.39 Å². The summed E-state index contributed by atoms with van der Waals surface area (Å²) in [6, 6.07) is 0. The van der Waals surface area contributed by atoms with Gasteiger partial charge in [-0.15, -0.1) is 11.6 Å². The van der Waals surface area contributed by atoms with E-state index in [4.69, 9.17) is 11.6 Å². The van der Waals surface area contributed by atoms with Crippen LogP contribution in [0.5, 0.6) is 0 Å². The van der Waals surface area contributed by atoms with Crippen LogP contribution in [0.1, 0.15) is 37.7 Å². The minimum absolute atomic E-state index is 0.145. The summed E-state index contributed by atoms with van der Waals surface area (Å²) in [7, 11) is 0. The Balaban J connectivity index is 2.61. The molecule has 1 aliphatic rings. The molecule has 1 unspecified atom stereocenters. The summed E-state index contributed by atoms with van der Waals surface area (Å²) >= 11 is 5.91. The smallest absolute Gasteiger partial charge is 0.120 e. The standard InChI is InChI=1S/C12H16ClFN2/c1-7-8-5-9(13)10(14)6-11(8)16(15-7)12(2,3)4/h6,9H,5H2,1-4H3. The highest BCUT2D eigenvalue weighted by Crippen LogP contribution is 2.32. The molecule has 0 spiro atoms. The van der Waals surface area contributed by atoms with Crippen LogP contribution in [-0.2, 0) is 12.0 Å². The van der Waals surface area contributed by atoms with Crippen molar-refractivity contribution in [2.75, 3.05) is 0 Å². The van der Waals surface area contributed by atoms with E-state index < -0.39 is 5.38 Å². The van der Waals surface area contributed by atoms with Crippen molar-refractivity contribution in [2.24, 2.45) is 0 Å². The van der Waals surface area contributed by atoms with Crippen LogP contribution in [0.4, 0.5) is 4.39 Å². The average Bonchev–Trinajstić information content (AvgIpc) is 2.45. The first-order chi connectivity index (χ1) is 7.30. The summed E-state index contributed by atoms with van der Waals surface area (Å²) in [6.45, 7) is 8.11. The summed E-state index contributed by atoms with van der Waals surface area (Å²) in [5.74, 6) is -0.264. The molecule has 0 fully saturated rings. The second kappa shape index (κ2) is 3.59. The predicted octanol–water partition coefficient (Wildman–Crippen LogP) is 3.42. The van der Waals surface area contributed by atoms with Crippen LogP contribution in [0.2, 0.25) is 0 Å². The van der Waals surface area contributed by atoms with Gasteiger partial charge in [0.2, 0.25) is 0 Å². The van der Waals surface area contributed by atoms with E-state index in [2.05, 4.69) is 25.9 Å². The van der Waals surface area contributed by atoms with Gasteiger partial charge >= 0.3 is 0 Å². The van der Waals surface area contributed by atoms with E-state index in [9.17, 15) is 4.39 Å². The highest BCUT2D eigenvalue weighted by Gasteiger charge is 2.28. The molecule has 1 aliphatic carbocycles. The fourth-order valence-corrected chi connectivity index (χ4v) is 2.20. The molecule has 16 heavy (non-hydrogen) atoms. The maximum absolute atomic E-state index is 13.5. The summed E-state index contributed by atoms with van der Waals surface area (Å²) < 4.78 is 15.4. The quantitative estimate of drug-likeness (QED) is 0.638. The van der Waals surface area contributed by atoms with E-state index in [0.717, 1.165) is 17.0 Å². The highest BCUT2D eigenvalue weighted by molar-refractivity contribution is 6.22. The highest BCUT2D eigenvalue weighted by atomic mass is 35.5. The van der Waals surface area contributed by atoms with E-state index in [1.807, 2.05) is 11.6 Å². The Bertz CT molecular complexity index is 454. The van der Waals surface area contributed by atoms with Gasteiger partial charge in [0, 0.05) is 5.56 Å². The van der Waals surface area contributed by atoms with Crippen molar-refractivity contribution in [3.05, 3.63) is 22.8 Å². The third-order valence-corrected chi connectivity index (χ3v) is 3.18. The second-order valence-corrected chi connectivity index (χ2v) is 5.76. The molecular weight excluding hydrogens is 227 g/mol. The Morgan fingerprint density at radius 3 is 2.69 bits per heavy atom. The lowest BCUT2D eigenvalue weighted by atomic mass is 9.99. The molecular formula is C12H16ClFN2. The monoisotopic (exact) mass is 242 g/mol. The number of hydrogen-bond donors (Lipinski definition) is 0. The normalized spacial score (nSPS) is 20.6. The molecule has 0 saturated carbocycles. The maximum Gasteiger partial charge on any atom is 0.120 e.